The van der Waals surface area contributed by atoms with E-state index in [9.17, 15) is 14.7 Å². The molecule has 130 valence electrons. The molecule has 2 aromatic carbocycles. The van der Waals surface area contributed by atoms with Gasteiger partial charge < -0.3 is 10.4 Å². The van der Waals surface area contributed by atoms with Crippen molar-refractivity contribution in [2.24, 2.45) is 0 Å². The lowest BCUT2D eigenvalue weighted by molar-refractivity contribution is 0.0698. The smallest absolute Gasteiger partial charge is 0.337 e. The monoisotopic (exact) mass is 346 g/mol. The molecule has 3 aromatic rings. The SMILES string of the molecule is Cc1ccnc(-c2ccc(C(=O)Nc3ccc(C)cc3C(=O)O)cc2)c1. The van der Waals surface area contributed by atoms with Gasteiger partial charge in [0.2, 0.25) is 0 Å². The maximum Gasteiger partial charge on any atom is 0.337 e. The number of aromatic nitrogens is 1. The third-order valence-corrected chi connectivity index (χ3v) is 4.01. The summed E-state index contributed by atoms with van der Waals surface area (Å²) in [5, 5.41) is 12.0. The molecule has 5 nitrogen and oxygen atoms in total. The van der Waals surface area contributed by atoms with E-state index in [1.165, 1.54) is 6.07 Å². The molecule has 0 spiro atoms. The van der Waals surface area contributed by atoms with Crippen LogP contribution in [0.3, 0.4) is 0 Å². The molecule has 1 aromatic heterocycles. The Kier molecular flexibility index (Phi) is 4.80. The third-order valence-electron chi connectivity index (χ3n) is 4.01. The van der Waals surface area contributed by atoms with Gasteiger partial charge >= 0.3 is 5.97 Å². The van der Waals surface area contributed by atoms with Gasteiger partial charge in [-0.15, -0.1) is 0 Å². The molecule has 5 heteroatoms. The fourth-order valence-electron chi connectivity index (χ4n) is 2.62. The number of nitrogens with one attached hydrogen (secondary N) is 1. The van der Waals surface area contributed by atoms with E-state index in [0.29, 0.717) is 5.56 Å². The number of amides is 1. The first-order valence-electron chi connectivity index (χ1n) is 8.12. The summed E-state index contributed by atoms with van der Waals surface area (Å²) in [7, 11) is 0. The first-order valence-corrected chi connectivity index (χ1v) is 8.12. The number of carbonyl (C=O) groups is 2. The fourth-order valence-corrected chi connectivity index (χ4v) is 2.62. The van der Waals surface area contributed by atoms with Gasteiger partial charge in [0.25, 0.3) is 5.91 Å². The number of aryl methyl sites for hydroxylation is 2. The predicted octanol–water partition coefficient (Wildman–Crippen LogP) is 4.32. The van der Waals surface area contributed by atoms with Crippen LogP contribution >= 0.6 is 0 Å². The number of carbonyl (C=O) groups excluding carboxylic acids is 1. The van der Waals surface area contributed by atoms with Gasteiger partial charge in [0.1, 0.15) is 0 Å². The molecule has 0 bridgehead atoms. The van der Waals surface area contributed by atoms with Crippen LogP contribution in [0.4, 0.5) is 5.69 Å². The number of carboxylic acid groups (broad SMARTS) is 1. The average molecular weight is 346 g/mol. The Morgan fingerprint density at radius 3 is 2.27 bits per heavy atom. The zero-order valence-corrected chi connectivity index (χ0v) is 14.5. The molecular weight excluding hydrogens is 328 g/mol. The molecule has 3 rings (SSSR count). The largest absolute Gasteiger partial charge is 0.478 e. The van der Waals surface area contributed by atoms with Crippen molar-refractivity contribution in [2.75, 3.05) is 5.32 Å². The van der Waals surface area contributed by atoms with Crippen LogP contribution in [0.1, 0.15) is 31.8 Å². The highest BCUT2D eigenvalue weighted by molar-refractivity contribution is 6.07. The number of carboxylic acids is 1. The Bertz CT molecular complexity index is 979. The van der Waals surface area contributed by atoms with Crippen LogP contribution in [0.25, 0.3) is 11.3 Å². The summed E-state index contributed by atoms with van der Waals surface area (Å²) in [5.41, 5.74) is 4.46. The molecule has 0 saturated carbocycles. The second-order valence-corrected chi connectivity index (χ2v) is 6.10. The molecule has 0 saturated heterocycles. The maximum absolute atomic E-state index is 12.5. The van der Waals surface area contributed by atoms with E-state index < -0.39 is 5.97 Å². The summed E-state index contributed by atoms with van der Waals surface area (Å²) in [4.78, 5) is 28.1. The molecule has 0 aliphatic carbocycles. The number of rotatable bonds is 4. The number of hydrogen-bond acceptors (Lipinski definition) is 3. The summed E-state index contributed by atoms with van der Waals surface area (Å²) >= 11 is 0. The van der Waals surface area contributed by atoms with Crippen LogP contribution in [-0.2, 0) is 0 Å². The number of pyridine rings is 1. The van der Waals surface area contributed by atoms with Crippen LogP contribution in [0, 0.1) is 13.8 Å². The number of anilines is 1. The zero-order chi connectivity index (χ0) is 18.7. The molecule has 0 fully saturated rings. The van der Waals surface area contributed by atoms with Gasteiger partial charge in [-0.05, 0) is 55.8 Å². The van der Waals surface area contributed by atoms with Gasteiger partial charge in [-0.25, -0.2) is 4.79 Å². The second-order valence-electron chi connectivity index (χ2n) is 6.10. The Morgan fingerprint density at radius 2 is 1.62 bits per heavy atom. The van der Waals surface area contributed by atoms with Crippen molar-refractivity contribution in [3.63, 3.8) is 0 Å². The Morgan fingerprint density at radius 1 is 0.923 bits per heavy atom. The van der Waals surface area contributed by atoms with E-state index in [4.69, 9.17) is 0 Å². The van der Waals surface area contributed by atoms with Crippen LogP contribution in [-0.4, -0.2) is 22.0 Å². The summed E-state index contributed by atoms with van der Waals surface area (Å²) in [6, 6.07) is 15.8. The summed E-state index contributed by atoms with van der Waals surface area (Å²) in [5.74, 6) is -1.44. The summed E-state index contributed by atoms with van der Waals surface area (Å²) in [6.07, 6.45) is 1.75. The van der Waals surface area contributed by atoms with Crippen LogP contribution in [0.5, 0.6) is 0 Å². The number of nitrogens with zero attached hydrogens (tertiary/aromatic N) is 1. The van der Waals surface area contributed by atoms with E-state index in [2.05, 4.69) is 10.3 Å². The minimum absolute atomic E-state index is 0.0685. The molecule has 26 heavy (non-hydrogen) atoms. The highest BCUT2D eigenvalue weighted by Crippen LogP contribution is 2.21. The number of benzene rings is 2. The van der Waals surface area contributed by atoms with E-state index in [1.54, 1.807) is 37.4 Å². The molecule has 0 radical (unpaired) electrons. The van der Waals surface area contributed by atoms with Gasteiger partial charge in [-0.2, -0.15) is 0 Å². The summed E-state index contributed by atoms with van der Waals surface area (Å²) in [6.45, 7) is 3.80. The molecule has 0 aliphatic heterocycles. The minimum Gasteiger partial charge on any atom is -0.478 e. The quantitative estimate of drug-likeness (QED) is 0.737. The zero-order valence-electron chi connectivity index (χ0n) is 14.5. The second kappa shape index (κ2) is 7.19. The number of hydrogen-bond donors (Lipinski definition) is 2. The van der Waals surface area contributed by atoms with Crippen LogP contribution in [0.15, 0.2) is 60.8 Å². The Balaban J connectivity index is 1.82. The third kappa shape index (κ3) is 3.78. The fraction of sp³-hybridized carbons (Fsp3) is 0.0952. The first kappa shape index (κ1) is 17.4. The molecule has 0 aliphatic rings. The molecular formula is C21H18N2O3. The maximum atomic E-state index is 12.5. The van der Waals surface area contributed by atoms with Crippen molar-refractivity contribution >= 4 is 17.6 Å². The highest BCUT2D eigenvalue weighted by Gasteiger charge is 2.14. The average Bonchev–Trinajstić information content (AvgIpc) is 2.63. The molecule has 0 atom stereocenters. The van der Waals surface area contributed by atoms with Gasteiger partial charge in [0.05, 0.1) is 16.9 Å². The van der Waals surface area contributed by atoms with Crippen molar-refractivity contribution < 1.29 is 14.7 Å². The van der Waals surface area contributed by atoms with Crippen molar-refractivity contribution in [1.82, 2.24) is 4.98 Å². The van der Waals surface area contributed by atoms with Gasteiger partial charge in [0, 0.05) is 17.3 Å². The molecule has 0 unspecified atom stereocenters. The van der Waals surface area contributed by atoms with Gasteiger partial charge in [-0.1, -0.05) is 23.8 Å². The van der Waals surface area contributed by atoms with E-state index >= 15 is 0 Å². The highest BCUT2D eigenvalue weighted by atomic mass is 16.4. The van der Waals surface area contributed by atoms with Crippen molar-refractivity contribution in [3.8, 4) is 11.3 Å². The van der Waals surface area contributed by atoms with Crippen LogP contribution in [0.2, 0.25) is 0 Å². The Hall–Kier alpha value is -3.47. The lowest BCUT2D eigenvalue weighted by Gasteiger charge is -2.10. The summed E-state index contributed by atoms with van der Waals surface area (Å²) < 4.78 is 0. The Labute approximate surface area is 151 Å². The van der Waals surface area contributed by atoms with Gasteiger partial charge in [0.15, 0.2) is 0 Å². The van der Waals surface area contributed by atoms with E-state index in [1.807, 2.05) is 31.2 Å². The molecule has 1 amide bonds. The van der Waals surface area contributed by atoms with Crippen LogP contribution < -0.4 is 5.32 Å². The van der Waals surface area contributed by atoms with E-state index in [-0.39, 0.29) is 17.2 Å². The number of aromatic carboxylic acids is 1. The standard InChI is InChI=1S/C21H18N2O3/c1-13-3-8-18(17(11-13)21(25)26)23-20(24)16-6-4-15(5-7-16)19-12-14(2)9-10-22-19/h3-12H,1-2H3,(H,23,24)(H,25,26). The van der Waals surface area contributed by atoms with E-state index in [0.717, 1.165) is 22.4 Å². The lowest BCUT2D eigenvalue weighted by Crippen LogP contribution is -2.15. The normalized spacial score (nSPS) is 10.4. The lowest BCUT2D eigenvalue weighted by atomic mass is 10.1. The topological polar surface area (TPSA) is 79.3 Å². The van der Waals surface area contributed by atoms with Gasteiger partial charge in [-0.3, -0.25) is 9.78 Å². The molecule has 1 heterocycles. The van der Waals surface area contributed by atoms with Crippen molar-refractivity contribution in [1.29, 1.82) is 0 Å². The van der Waals surface area contributed by atoms with Crippen molar-refractivity contribution in [3.05, 3.63) is 83.0 Å². The predicted molar refractivity (Wildman–Crippen MR) is 101 cm³/mol. The minimum atomic E-state index is -1.08. The first-order chi connectivity index (χ1) is 12.4. The molecule has 2 N–H and O–H groups in total. The van der Waals surface area contributed by atoms with Crippen molar-refractivity contribution in [2.45, 2.75) is 13.8 Å².